The Bertz CT molecular complexity index is 1070. The second-order valence-corrected chi connectivity index (χ2v) is 8.01. The Hall–Kier alpha value is -3.49. The molecule has 1 fully saturated rings. The zero-order valence-electron chi connectivity index (χ0n) is 18.0. The van der Waals surface area contributed by atoms with E-state index in [0.29, 0.717) is 43.1 Å². The van der Waals surface area contributed by atoms with E-state index in [1.54, 1.807) is 17.0 Å². The lowest BCUT2D eigenvalue weighted by atomic mass is 10.1. The van der Waals surface area contributed by atoms with Crippen molar-refractivity contribution < 1.29 is 9.59 Å². The minimum absolute atomic E-state index is 0.00327. The number of aromatic amines is 1. The summed E-state index contributed by atoms with van der Waals surface area (Å²) in [5.41, 5.74) is 2.56. The summed E-state index contributed by atoms with van der Waals surface area (Å²) in [6.45, 7) is 6.68. The van der Waals surface area contributed by atoms with E-state index in [0.717, 1.165) is 11.4 Å². The summed E-state index contributed by atoms with van der Waals surface area (Å²) in [5, 5.41) is 14.6. The summed E-state index contributed by atoms with van der Waals surface area (Å²) in [7, 11) is 0. The van der Waals surface area contributed by atoms with Gasteiger partial charge in [-0.1, -0.05) is 18.2 Å². The highest BCUT2D eigenvalue weighted by Gasteiger charge is 2.38. The number of aryl methyl sites for hydroxylation is 4. The van der Waals surface area contributed by atoms with Crippen molar-refractivity contribution in [3.8, 4) is 0 Å². The molecule has 162 valence electrons. The predicted octanol–water partition coefficient (Wildman–Crippen LogP) is 2.09. The molecule has 0 unspecified atom stereocenters. The molecule has 2 amide bonds. The van der Waals surface area contributed by atoms with Gasteiger partial charge in [-0.25, -0.2) is 4.98 Å². The summed E-state index contributed by atoms with van der Waals surface area (Å²) < 4.78 is 1.85. The van der Waals surface area contributed by atoms with Gasteiger partial charge in [0.05, 0.1) is 11.7 Å². The molecule has 0 aliphatic carbocycles. The molecule has 0 spiro atoms. The van der Waals surface area contributed by atoms with Crippen LogP contribution >= 0.6 is 0 Å². The summed E-state index contributed by atoms with van der Waals surface area (Å²) in [5.74, 6) is 1.12. The molecular formula is C22H27N7O2. The average molecular weight is 422 g/mol. The van der Waals surface area contributed by atoms with E-state index in [4.69, 9.17) is 0 Å². The Balaban J connectivity index is 1.47. The molecule has 2 atom stereocenters. The van der Waals surface area contributed by atoms with Gasteiger partial charge in [0.2, 0.25) is 5.91 Å². The third-order valence-electron chi connectivity index (χ3n) is 5.55. The number of hydrogen-bond acceptors (Lipinski definition) is 5. The molecule has 0 saturated carbocycles. The Labute approximate surface area is 180 Å². The smallest absolute Gasteiger partial charge is 0.251 e. The highest BCUT2D eigenvalue weighted by Crippen LogP contribution is 2.31. The maximum Gasteiger partial charge on any atom is 0.251 e. The average Bonchev–Trinajstić information content (AvgIpc) is 3.45. The van der Waals surface area contributed by atoms with Gasteiger partial charge in [-0.2, -0.15) is 10.2 Å². The van der Waals surface area contributed by atoms with Gasteiger partial charge in [0.1, 0.15) is 5.82 Å². The molecule has 0 bridgehead atoms. The van der Waals surface area contributed by atoms with Crippen LogP contribution in [0.5, 0.6) is 0 Å². The summed E-state index contributed by atoms with van der Waals surface area (Å²) in [4.78, 5) is 32.0. The molecule has 1 aliphatic rings. The number of benzene rings is 1. The summed E-state index contributed by atoms with van der Waals surface area (Å²) in [6.07, 6.45) is 0.892. The summed E-state index contributed by atoms with van der Waals surface area (Å²) >= 11 is 0. The number of carbonyl (C=O) groups excluding carboxylic acids is 2. The van der Waals surface area contributed by atoms with Crippen LogP contribution in [0.4, 0.5) is 0 Å². The topological polar surface area (TPSA) is 109 Å². The number of H-pyrrole nitrogens is 1. The SMILES string of the molecule is Cc1cc(C)n(CCC(=O)N2C[C@@H](NC(=O)c3ccccc3)C[C@H]2c2n[nH]c(C)n2)n1. The van der Waals surface area contributed by atoms with Crippen molar-refractivity contribution >= 4 is 11.8 Å². The molecule has 1 aromatic carbocycles. The molecule has 9 heteroatoms. The fraction of sp³-hybridized carbons (Fsp3) is 0.409. The quantitative estimate of drug-likeness (QED) is 0.633. The first-order chi connectivity index (χ1) is 14.9. The van der Waals surface area contributed by atoms with E-state index in [9.17, 15) is 9.59 Å². The zero-order valence-corrected chi connectivity index (χ0v) is 18.0. The summed E-state index contributed by atoms with van der Waals surface area (Å²) in [6, 6.07) is 10.6. The van der Waals surface area contributed by atoms with Crippen LogP contribution in [0.1, 0.15) is 52.3 Å². The first-order valence-electron chi connectivity index (χ1n) is 10.5. The van der Waals surface area contributed by atoms with Crippen molar-refractivity contribution in [2.45, 2.75) is 52.2 Å². The van der Waals surface area contributed by atoms with Gasteiger partial charge in [-0.15, -0.1) is 0 Å². The number of carbonyl (C=O) groups is 2. The Morgan fingerprint density at radius 1 is 1.19 bits per heavy atom. The second-order valence-electron chi connectivity index (χ2n) is 8.01. The first kappa shape index (κ1) is 20.8. The van der Waals surface area contributed by atoms with Crippen molar-refractivity contribution in [3.05, 3.63) is 65.0 Å². The molecule has 2 aromatic heterocycles. The molecular weight excluding hydrogens is 394 g/mol. The van der Waals surface area contributed by atoms with Crippen LogP contribution in [-0.4, -0.2) is 54.3 Å². The third kappa shape index (κ3) is 4.65. The second kappa shape index (κ2) is 8.71. The minimum Gasteiger partial charge on any atom is -0.347 e. The molecule has 4 rings (SSSR count). The van der Waals surface area contributed by atoms with Gasteiger partial charge in [-0.05, 0) is 45.4 Å². The van der Waals surface area contributed by atoms with Crippen LogP contribution in [0.3, 0.4) is 0 Å². The Morgan fingerprint density at radius 3 is 2.61 bits per heavy atom. The number of likely N-dealkylation sites (tertiary alicyclic amines) is 1. The Kier molecular flexibility index (Phi) is 5.83. The minimum atomic E-state index is -0.279. The maximum absolute atomic E-state index is 13.1. The highest BCUT2D eigenvalue weighted by molar-refractivity contribution is 5.94. The van der Waals surface area contributed by atoms with E-state index in [1.165, 1.54) is 0 Å². The highest BCUT2D eigenvalue weighted by atomic mass is 16.2. The largest absolute Gasteiger partial charge is 0.347 e. The number of amides is 2. The zero-order chi connectivity index (χ0) is 22.0. The van der Waals surface area contributed by atoms with E-state index in [1.807, 2.05) is 49.7 Å². The van der Waals surface area contributed by atoms with E-state index >= 15 is 0 Å². The van der Waals surface area contributed by atoms with Gasteiger partial charge in [0, 0.05) is 36.8 Å². The molecule has 31 heavy (non-hydrogen) atoms. The van der Waals surface area contributed by atoms with Crippen molar-refractivity contribution in [3.63, 3.8) is 0 Å². The van der Waals surface area contributed by atoms with Gasteiger partial charge < -0.3 is 10.2 Å². The number of rotatable bonds is 6. The van der Waals surface area contributed by atoms with Crippen molar-refractivity contribution in [2.75, 3.05) is 6.54 Å². The van der Waals surface area contributed by atoms with E-state index in [-0.39, 0.29) is 23.9 Å². The fourth-order valence-electron chi connectivity index (χ4n) is 4.07. The van der Waals surface area contributed by atoms with E-state index < -0.39 is 0 Å². The lowest BCUT2D eigenvalue weighted by Gasteiger charge is -2.22. The predicted molar refractivity (Wildman–Crippen MR) is 114 cm³/mol. The number of nitrogens with zero attached hydrogens (tertiary/aromatic N) is 5. The normalized spacial score (nSPS) is 18.4. The molecule has 0 radical (unpaired) electrons. The van der Waals surface area contributed by atoms with Crippen molar-refractivity contribution in [1.29, 1.82) is 0 Å². The molecule has 3 heterocycles. The van der Waals surface area contributed by atoms with Crippen LogP contribution in [0.25, 0.3) is 0 Å². The first-order valence-corrected chi connectivity index (χ1v) is 10.5. The van der Waals surface area contributed by atoms with Crippen LogP contribution in [0.2, 0.25) is 0 Å². The maximum atomic E-state index is 13.1. The van der Waals surface area contributed by atoms with Crippen molar-refractivity contribution in [1.82, 2.24) is 35.2 Å². The fourth-order valence-corrected chi connectivity index (χ4v) is 4.07. The molecule has 1 aliphatic heterocycles. The number of nitrogens with one attached hydrogen (secondary N) is 2. The molecule has 2 N–H and O–H groups in total. The van der Waals surface area contributed by atoms with Crippen LogP contribution < -0.4 is 5.32 Å². The molecule has 3 aromatic rings. The van der Waals surface area contributed by atoms with Gasteiger partial charge >= 0.3 is 0 Å². The third-order valence-corrected chi connectivity index (χ3v) is 5.55. The monoisotopic (exact) mass is 421 g/mol. The van der Waals surface area contributed by atoms with Gasteiger partial charge in [0.15, 0.2) is 5.82 Å². The van der Waals surface area contributed by atoms with Crippen LogP contribution in [0, 0.1) is 20.8 Å². The number of aromatic nitrogens is 5. The van der Waals surface area contributed by atoms with Crippen LogP contribution in [0.15, 0.2) is 36.4 Å². The Morgan fingerprint density at radius 2 is 1.97 bits per heavy atom. The lowest BCUT2D eigenvalue weighted by molar-refractivity contribution is -0.132. The van der Waals surface area contributed by atoms with Gasteiger partial charge in [-0.3, -0.25) is 19.4 Å². The number of hydrogen-bond donors (Lipinski definition) is 2. The standard InChI is InChI=1S/C22H27N7O2/c1-14-11-15(2)29(27-14)10-9-20(30)28-13-18(12-19(28)21-23-16(3)25-26-21)24-22(31)17-7-5-4-6-8-17/h4-8,11,18-19H,9-10,12-13H2,1-3H3,(H,24,31)(H,23,25,26)/t18-,19-/m0/s1. The molecule has 9 nitrogen and oxygen atoms in total. The molecule has 1 saturated heterocycles. The van der Waals surface area contributed by atoms with Crippen molar-refractivity contribution in [2.24, 2.45) is 0 Å². The van der Waals surface area contributed by atoms with E-state index in [2.05, 4.69) is 25.6 Å². The lowest BCUT2D eigenvalue weighted by Crippen LogP contribution is -2.39. The van der Waals surface area contributed by atoms with Gasteiger partial charge in [0.25, 0.3) is 5.91 Å². The van der Waals surface area contributed by atoms with Crippen LogP contribution in [-0.2, 0) is 11.3 Å².